The molecule has 1 aliphatic rings. The van der Waals surface area contributed by atoms with Crippen LogP contribution in [0.2, 0.25) is 0 Å². The Morgan fingerprint density at radius 1 is 1.79 bits per heavy atom. The zero-order chi connectivity index (χ0) is 10.0. The smallest absolute Gasteiger partial charge is 0.128 e. The monoisotopic (exact) mass is 214 g/mol. The van der Waals surface area contributed by atoms with Gasteiger partial charge < -0.3 is 5.32 Å². The summed E-state index contributed by atoms with van der Waals surface area (Å²) in [6.07, 6.45) is 4.28. The van der Waals surface area contributed by atoms with E-state index >= 15 is 0 Å². The lowest BCUT2D eigenvalue weighted by atomic mass is 9.93. The molecule has 0 aromatic carbocycles. The Morgan fingerprint density at radius 2 is 2.64 bits per heavy atom. The first kappa shape index (κ1) is 10.1. The van der Waals surface area contributed by atoms with E-state index in [0.29, 0.717) is 6.42 Å². The van der Waals surface area contributed by atoms with Crippen molar-refractivity contribution in [3.05, 3.63) is 16.6 Å². The maximum Gasteiger partial charge on any atom is 0.128 e. The van der Waals surface area contributed by atoms with Gasteiger partial charge in [0.1, 0.15) is 5.67 Å². The Morgan fingerprint density at radius 3 is 3.21 bits per heavy atom. The standard InChI is InChI=1S/C10H15FN2S/c1-10(11,9-3-2-4-13-9)5-8-6-12-7-14-8/h6-7,9,13H,2-5H2,1H3. The maximum atomic E-state index is 14.3. The average molecular weight is 214 g/mol. The Hall–Kier alpha value is -0.480. The van der Waals surface area contributed by atoms with Crippen molar-refractivity contribution in [1.29, 1.82) is 0 Å². The molecule has 1 aliphatic heterocycles. The van der Waals surface area contributed by atoms with Gasteiger partial charge in [0, 0.05) is 23.5 Å². The van der Waals surface area contributed by atoms with Crippen molar-refractivity contribution in [2.45, 2.75) is 37.9 Å². The molecule has 2 nitrogen and oxygen atoms in total. The summed E-state index contributed by atoms with van der Waals surface area (Å²) in [6, 6.07) is 0.0181. The first-order valence-electron chi connectivity index (χ1n) is 4.98. The van der Waals surface area contributed by atoms with E-state index in [1.807, 2.05) is 0 Å². The molecule has 2 atom stereocenters. The number of hydrogen-bond donors (Lipinski definition) is 1. The zero-order valence-electron chi connectivity index (χ0n) is 8.29. The largest absolute Gasteiger partial charge is 0.311 e. The van der Waals surface area contributed by atoms with Crippen molar-refractivity contribution >= 4 is 11.3 Å². The molecule has 2 rings (SSSR count). The highest BCUT2D eigenvalue weighted by Gasteiger charge is 2.36. The van der Waals surface area contributed by atoms with E-state index in [1.54, 1.807) is 18.6 Å². The third-order valence-electron chi connectivity index (χ3n) is 2.79. The highest BCUT2D eigenvalue weighted by atomic mass is 32.1. The van der Waals surface area contributed by atoms with Gasteiger partial charge >= 0.3 is 0 Å². The Bertz CT molecular complexity index is 278. The van der Waals surface area contributed by atoms with Crippen LogP contribution in [0.4, 0.5) is 4.39 Å². The number of hydrogen-bond acceptors (Lipinski definition) is 3. The fourth-order valence-corrected chi connectivity index (χ4v) is 2.74. The summed E-state index contributed by atoms with van der Waals surface area (Å²) in [5.41, 5.74) is 0.622. The molecule has 4 heteroatoms. The van der Waals surface area contributed by atoms with Crippen LogP contribution < -0.4 is 5.32 Å². The van der Waals surface area contributed by atoms with E-state index in [4.69, 9.17) is 0 Å². The van der Waals surface area contributed by atoms with Crippen LogP contribution in [0.25, 0.3) is 0 Å². The zero-order valence-corrected chi connectivity index (χ0v) is 9.11. The molecule has 0 saturated carbocycles. The van der Waals surface area contributed by atoms with Crippen molar-refractivity contribution in [2.24, 2.45) is 0 Å². The second-order valence-electron chi connectivity index (χ2n) is 4.07. The molecule has 1 fully saturated rings. The van der Waals surface area contributed by atoms with Crippen LogP contribution in [-0.4, -0.2) is 23.2 Å². The maximum absolute atomic E-state index is 14.3. The van der Waals surface area contributed by atoms with Crippen LogP contribution >= 0.6 is 11.3 Å². The van der Waals surface area contributed by atoms with Gasteiger partial charge in [-0.25, -0.2) is 4.39 Å². The molecule has 1 aromatic rings. The predicted molar refractivity (Wildman–Crippen MR) is 56.4 cm³/mol. The Labute approximate surface area is 87.6 Å². The number of alkyl halides is 1. The van der Waals surface area contributed by atoms with Gasteiger partial charge in [-0.1, -0.05) is 0 Å². The van der Waals surface area contributed by atoms with Gasteiger partial charge in [-0.05, 0) is 26.3 Å². The summed E-state index contributed by atoms with van der Waals surface area (Å²) in [4.78, 5) is 5.00. The second-order valence-corrected chi connectivity index (χ2v) is 5.04. The number of halogens is 1. The fourth-order valence-electron chi connectivity index (χ4n) is 1.99. The topological polar surface area (TPSA) is 24.9 Å². The van der Waals surface area contributed by atoms with Crippen LogP contribution in [0.15, 0.2) is 11.7 Å². The van der Waals surface area contributed by atoms with E-state index in [2.05, 4.69) is 10.3 Å². The van der Waals surface area contributed by atoms with Crippen LogP contribution in [0.5, 0.6) is 0 Å². The molecule has 2 unspecified atom stereocenters. The SMILES string of the molecule is CC(F)(Cc1cncs1)C1CCCN1. The van der Waals surface area contributed by atoms with Crippen molar-refractivity contribution in [1.82, 2.24) is 10.3 Å². The quantitative estimate of drug-likeness (QED) is 0.834. The van der Waals surface area contributed by atoms with Crippen molar-refractivity contribution in [3.8, 4) is 0 Å². The van der Waals surface area contributed by atoms with Crippen molar-refractivity contribution in [2.75, 3.05) is 6.54 Å². The number of aromatic nitrogens is 1. The molecule has 1 aromatic heterocycles. The predicted octanol–water partition coefficient (Wildman–Crippen LogP) is 2.17. The number of nitrogens with one attached hydrogen (secondary N) is 1. The van der Waals surface area contributed by atoms with Crippen LogP contribution in [0, 0.1) is 0 Å². The van der Waals surface area contributed by atoms with E-state index in [9.17, 15) is 4.39 Å². The Kier molecular flexibility index (Phi) is 2.83. The van der Waals surface area contributed by atoms with E-state index in [-0.39, 0.29) is 6.04 Å². The molecule has 2 heterocycles. The summed E-state index contributed by atoms with van der Waals surface area (Å²) in [5, 5.41) is 3.22. The molecule has 14 heavy (non-hydrogen) atoms. The first-order valence-corrected chi connectivity index (χ1v) is 5.86. The number of thiazole rings is 1. The molecule has 78 valence electrons. The van der Waals surface area contributed by atoms with Crippen LogP contribution in [0.3, 0.4) is 0 Å². The minimum atomic E-state index is -1.14. The number of nitrogens with zero attached hydrogens (tertiary/aromatic N) is 1. The molecular formula is C10H15FN2S. The van der Waals surface area contributed by atoms with Gasteiger partial charge in [0.05, 0.1) is 5.51 Å². The van der Waals surface area contributed by atoms with Gasteiger partial charge in [-0.3, -0.25) is 4.98 Å². The lowest BCUT2D eigenvalue weighted by Gasteiger charge is -2.26. The highest BCUT2D eigenvalue weighted by Crippen LogP contribution is 2.28. The van der Waals surface area contributed by atoms with Gasteiger partial charge in [0.25, 0.3) is 0 Å². The van der Waals surface area contributed by atoms with Gasteiger partial charge in [-0.15, -0.1) is 11.3 Å². The minimum absolute atomic E-state index is 0.0181. The molecular weight excluding hydrogens is 199 g/mol. The second kappa shape index (κ2) is 3.95. The molecule has 0 radical (unpaired) electrons. The lowest BCUT2D eigenvalue weighted by Crippen LogP contribution is -2.43. The minimum Gasteiger partial charge on any atom is -0.311 e. The molecule has 0 spiro atoms. The summed E-state index contributed by atoms with van der Waals surface area (Å²) < 4.78 is 14.3. The normalized spacial score (nSPS) is 26.3. The summed E-state index contributed by atoms with van der Waals surface area (Å²) in [7, 11) is 0. The van der Waals surface area contributed by atoms with E-state index < -0.39 is 5.67 Å². The van der Waals surface area contributed by atoms with Gasteiger partial charge in [0.2, 0.25) is 0 Å². The third-order valence-corrected chi connectivity index (χ3v) is 3.57. The average Bonchev–Trinajstić information content (AvgIpc) is 2.71. The summed E-state index contributed by atoms with van der Waals surface area (Å²) in [6.45, 7) is 2.64. The van der Waals surface area contributed by atoms with E-state index in [0.717, 1.165) is 24.3 Å². The Balaban J connectivity index is 2.00. The molecule has 0 aliphatic carbocycles. The van der Waals surface area contributed by atoms with Crippen molar-refractivity contribution < 1.29 is 4.39 Å². The third kappa shape index (κ3) is 2.12. The molecule has 0 amide bonds. The molecule has 0 bridgehead atoms. The molecule has 1 N–H and O–H groups in total. The highest BCUT2D eigenvalue weighted by molar-refractivity contribution is 7.09. The van der Waals surface area contributed by atoms with Gasteiger partial charge in [-0.2, -0.15) is 0 Å². The van der Waals surface area contributed by atoms with E-state index in [1.165, 1.54) is 11.3 Å². The lowest BCUT2D eigenvalue weighted by molar-refractivity contribution is 0.138. The van der Waals surface area contributed by atoms with Gasteiger partial charge in [0.15, 0.2) is 0 Å². The first-order chi connectivity index (χ1) is 6.68. The van der Waals surface area contributed by atoms with Crippen molar-refractivity contribution in [3.63, 3.8) is 0 Å². The summed E-state index contributed by atoms with van der Waals surface area (Å²) >= 11 is 1.53. The number of rotatable bonds is 3. The van der Waals surface area contributed by atoms with Crippen LogP contribution in [-0.2, 0) is 6.42 Å². The molecule has 1 saturated heterocycles. The fraction of sp³-hybridized carbons (Fsp3) is 0.700. The van der Waals surface area contributed by atoms with Crippen LogP contribution in [0.1, 0.15) is 24.6 Å². The summed E-state index contributed by atoms with van der Waals surface area (Å²) in [5.74, 6) is 0.